The lowest BCUT2D eigenvalue weighted by Crippen LogP contribution is -2.16. The van der Waals surface area contributed by atoms with E-state index >= 15 is 0 Å². The lowest BCUT2D eigenvalue weighted by Gasteiger charge is -2.08. The average Bonchev–Trinajstić information content (AvgIpc) is 3.28. The van der Waals surface area contributed by atoms with E-state index in [-0.39, 0.29) is 12.6 Å². The second kappa shape index (κ2) is 7.90. The van der Waals surface area contributed by atoms with E-state index in [0.717, 1.165) is 19.4 Å². The number of carbonyl (C=O) groups is 1. The van der Waals surface area contributed by atoms with Crippen LogP contribution in [0.25, 0.3) is 0 Å². The van der Waals surface area contributed by atoms with Gasteiger partial charge in [-0.3, -0.25) is 0 Å². The smallest absolute Gasteiger partial charge is 0.344 e. The van der Waals surface area contributed by atoms with Crippen LogP contribution in [0.2, 0.25) is 0 Å². The number of esters is 1. The number of rotatable bonds is 9. The summed E-state index contributed by atoms with van der Waals surface area (Å²) >= 11 is 0. The van der Waals surface area contributed by atoms with Crippen molar-refractivity contribution in [2.75, 3.05) is 13.2 Å². The van der Waals surface area contributed by atoms with Gasteiger partial charge in [0.25, 0.3) is 0 Å². The summed E-state index contributed by atoms with van der Waals surface area (Å²) in [5, 5.41) is 3.45. The zero-order valence-corrected chi connectivity index (χ0v) is 12.1. The molecule has 0 saturated heterocycles. The Bertz CT molecular complexity index is 429. The fourth-order valence-electron chi connectivity index (χ4n) is 1.81. The monoisotopic (exact) mass is 277 g/mol. The first-order chi connectivity index (χ1) is 9.78. The molecule has 0 atom stereocenters. The molecular weight excluding hydrogens is 254 g/mol. The van der Waals surface area contributed by atoms with Crippen molar-refractivity contribution < 1.29 is 14.3 Å². The molecule has 0 aliphatic heterocycles. The summed E-state index contributed by atoms with van der Waals surface area (Å²) in [7, 11) is 0. The number of hydrogen-bond acceptors (Lipinski definition) is 4. The molecule has 1 aromatic rings. The van der Waals surface area contributed by atoms with E-state index in [1.54, 1.807) is 0 Å². The molecule has 0 bridgehead atoms. The van der Waals surface area contributed by atoms with Gasteiger partial charge in [0, 0.05) is 12.6 Å². The number of hydrogen-bond donors (Lipinski definition) is 1. The maximum absolute atomic E-state index is 11.4. The number of unbranched alkanes of at least 4 members (excludes halogenated alkanes) is 1. The van der Waals surface area contributed by atoms with Gasteiger partial charge in [0.05, 0.1) is 6.61 Å². The molecular formula is C16H23NO3. The van der Waals surface area contributed by atoms with Crippen molar-refractivity contribution in [3.63, 3.8) is 0 Å². The molecule has 0 spiro atoms. The van der Waals surface area contributed by atoms with Gasteiger partial charge in [-0.2, -0.15) is 0 Å². The lowest BCUT2D eigenvalue weighted by molar-refractivity contribution is -0.146. The van der Waals surface area contributed by atoms with E-state index in [2.05, 4.69) is 18.3 Å². The molecule has 1 fully saturated rings. The lowest BCUT2D eigenvalue weighted by atomic mass is 10.2. The predicted molar refractivity (Wildman–Crippen MR) is 77.7 cm³/mol. The molecule has 4 heteroatoms. The summed E-state index contributed by atoms with van der Waals surface area (Å²) in [6.07, 6.45) is 4.47. The maximum atomic E-state index is 11.4. The maximum Gasteiger partial charge on any atom is 0.344 e. The van der Waals surface area contributed by atoms with Crippen LogP contribution in [0.4, 0.5) is 0 Å². The van der Waals surface area contributed by atoms with Crippen LogP contribution in [-0.2, 0) is 16.1 Å². The Labute approximate surface area is 120 Å². The first kappa shape index (κ1) is 14.9. The minimum atomic E-state index is -0.306. The molecule has 0 unspecified atom stereocenters. The summed E-state index contributed by atoms with van der Waals surface area (Å²) in [6.45, 7) is 3.36. The van der Waals surface area contributed by atoms with Crippen LogP contribution in [-0.4, -0.2) is 25.2 Å². The van der Waals surface area contributed by atoms with Crippen molar-refractivity contribution in [1.82, 2.24) is 5.32 Å². The minimum Gasteiger partial charge on any atom is -0.482 e. The predicted octanol–water partition coefficient (Wildman–Crippen LogP) is 2.66. The standard InChI is InChI=1S/C16H23NO3/c1-2-3-9-19-16(18)12-20-15-6-4-5-13(10-15)11-17-14-7-8-14/h4-6,10,14,17H,2-3,7-9,11-12H2,1H3. The van der Waals surface area contributed by atoms with E-state index in [0.29, 0.717) is 18.4 Å². The third kappa shape index (κ3) is 5.61. The van der Waals surface area contributed by atoms with Crippen molar-refractivity contribution in [1.29, 1.82) is 0 Å². The van der Waals surface area contributed by atoms with Crippen LogP contribution in [0.3, 0.4) is 0 Å². The first-order valence-corrected chi connectivity index (χ1v) is 7.38. The normalized spacial score (nSPS) is 14.1. The Morgan fingerprint density at radius 1 is 1.40 bits per heavy atom. The van der Waals surface area contributed by atoms with Crippen molar-refractivity contribution in [2.45, 2.75) is 45.2 Å². The molecule has 110 valence electrons. The largest absolute Gasteiger partial charge is 0.482 e. The highest BCUT2D eigenvalue weighted by Crippen LogP contribution is 2.20. The van der Waals surface area contributed by atoms with Crippen molar-refractivity contribution >= 4 is 5.97 Å². The second-order valence-electron chi connectivity index (χ2n) is 5.17. The fraction of sp³-hybridized carbons (Fsp3) is 0.562. The van der Waals surface area contributed by atoms with E-state index in [1.165, 1.54) is 18.4 Å². The molecule has 1 aromatic carbocycles. The summed E-state index contributed by atoms with van der Waals surface area (Å²) < 4.78 is 10.5. The quantitative estimate of drug-likeness (QED) is 0.557. The molecule has 1 aliphatic rings. The molecule has 0 aromatic heterocycles. The summed E-state index contributed by atoms with van der Waals surface area (Å²) in [4.78, 5) is 11.4. The van der Waals surface area contributed by atoms with Crippen LogP contribution in [0.5, 0.6) is 5.75 Å². The molecule has 1 saturated carbocycles. The van der Waals surface area contributed by atoms with E-state index in [9.17, 15) is 4.79 Å². The van der Waals surface area contributed by atoms with Gasteiger partial charge in [0.1, 0.15) is 5.75 Å². The average molecular weight is 277 g/mol. The highest BCUT2D eigenvalue weighted by atomic mass is 16.6. The highest BCUT2D eigenvalue weighted by molar-refractivity contribution is 5.71. The molecule has 2 rings (SSSR count). The van der Waals surface area contributed by atoms with Crippen LogP contribution >= 0.6 is 0 Å². The van der Waals surface area contributed by atoms with E-state index < -0.39 is 0 Å². The number of ether oxygens (including phenoxy) is 2. The Kier molecular flexibility index (Phi) is 5.87. The third-order valence-corrected chi connectivity index (χ3v) is 3.19. The molecule has 0 heterocycles. The van der Waals surface area contributed by atoms with Gasteiger partial charge in [-0.1, -0.05) is 25.5 Å². The van der Waals surface area contributed by atoms with Gasteiger partial charge in [-0.15, -0.1) is 0 Å². The van der Waals surface area contributed by atoms with Crippen LogP contribution < -0.4 is 10.1 Å². The Morgan fingerprint density at radius 3 is 3.00 bits per heavy atom. The first-order valence-electron chi connectivity index (χ1n) is 7.38. The third-order valence-electron chi connectivity index (χ3n) is 3.19. The molecule has 1 N–H and O–H groups in total. The fourth-order valence-corrected chi connectivity index (χ4v) is 1.81. The van der Waals surface area contributed by atoms with Gasteiger partial charge < -0.3 is 14.8 Å². The molecule has 4 nitrogen and oxygen atoms in total. The van der Waals surface area contributed by atoms with Crippen molar-refractivity contribution in [2.24, 2.45) is 0 Å². The van der Waals surface area contributed by atoms with Gasteiger partial charge in [0.2, 0.25) is 0 Å². The summed E-state index contributed by atoms with van der Waals surface area (Å²) in [6, 6.07) is 8.52. The summed E-state index contributed by atoms with van der Waals surface area (Å²) in [5.41, 5.74) is 1.17. The Hall–Kier alpha value is -1.55. The summed E-state index contributed by atoms with van der Waals surface area (Å²) in [5.74, 6) is 0.410. The second-order valence-corrected chi connectivity index (χ2v) is 5.17. The Balaban J connectivity index is 1.71. The Morgan fingerprint density at radius 2 is 2.25 bits per heavy atom. The highest BCUT2D eigenvalue weighted by Gasteiger charge is 2.19. The van der Waals surface area contributed by atoms with Crippen LogP contribution in [0, 0.1) is 0 Å². The van der Waals surface area contributed by atoms with Crippen LogP contribution in [0.15, 0.2) is 24.3 Å². The van der Waals surface area contributed by atoms with Gasteiger partial charge >= 0.3 is 5.97 Å². The topological polar surface area (TPSA) is 47.6 Å². The SMILES string of the molecule is CCCCOC(=O)COc1cccc(CNC2CC2)c1. The molecule has 1 aliphatic carbocycles. The molecule has 0 amide bonds. The van der Waals surface area contributed by atoms with Crippen LogP contribution in [0.1, 0.15) is 38.2 Å². The molecule has 0 radical (unpaired) electrons. The molecule has 20 heavy (non-hydrogen) atoms. The number of benzene rings is 1. The van der Waals surface area contributed by atoms with Gasteiger partial charge in [-0.05, 0) is 37.0 Å². The van der Waals surface area contributed by atoms with E-state index in [1.807, 2.05) is 18.2 Å². The van der Waals surface area contributed by atoms with E-state index in [4.69, 9.17) is 9.47 Å². The zero-order chi connectivity index (χ0) is 14.2. The zero-order valence-electron chi connectivity index (χ0n) is 12.1. The minimum absolute atomic E-state index is 0.0246. The van der Waals surface area contributed by atoms with Gasteiger partial charge in [-0.25, -0.2) is 4.79 Å². The number of carbonyl (C=O) groups excluding carboxylic acids is 1. The van der Waals surface area contributed by atoms with Crippen molar-refractivity contribution in [3.8, 4) is 5.75 Å². The van der Waals surface area contributed by atoms with Crippen molar-refractivity contribution in [3.05, 3.63) is 29.8 Å². The number of nitrogens with one attached hydrogen (secondary N) is 1. The van der Waals surface area contributed by atoms with Gasteiger partial charge in [0.15, 0.2) is 6.61 Å².